The van der Waals surface area contributed by atoms with E-state index in [0.29, 0.717) is 22.8 Å². The third-order valence-corrected chi connectivity index (χ3v) is 5.97. The van der Waals surface area contributed by atoms with Gasteiger partial charge in [0, 0.05) is 11.4 Å². The highest BCUT2D eigenvalue weighted by atomic mass is 19.1. The van der Waals surface area contributed by atoms with Gasteiger partial charge in [-0.2, -0.15) is 10.1 Å². The topological polar surface area (TPSA) is 89.3 Å². The molecule has 0 spiro atoms. The van der Waals surface area contributed by atoms with Crippen LogP contribution in [0.4, 0.5) is 16.0 Å². The van der Waals surface area contributed by atoms with E-state index in [4.69, 9.17) is 4.74 Å². The summed E-state index contributed by atoms with van der Waals surface area (Å²) in [4.78, 5) is 32.1. The number of nitrogens with one attached hydrogen (secondary N) is 1. The summed E-state index contributed by atoms with van der Waals surface area (Å²) in [6, 6.07) is 10.9. The molecule has 0 bridgehead atoms. The van der Waals surface area contributed by atoms with Crippen molar-refractivity contribution >= 4 is 23.5 Å². The first-order valence-corrected chi connectivity index (χ1v) is 11.0. The first-order chi connectivity index (χ1) is 16.3. The summed E-state index contributed by atoms with van der Waals surface area (Å²) >= 11 is 0. The number of anilines is 2. The maximum absolute atomic E-state index is 13.6. The molecule has 0 aliphatic carbocycles. The Hall–Kier alpha value is -4.01. The summed E-state index contributed by atoms with van der Waals surface area (Å²) in [6.07, 6.45) is 1.36. The molecule has 0 saturated carbocycles. The number of rotatable bonds is 6. The molecule has 0 radical (unpaired) electrons. The third kappa shape index (κ3) is 4.28. The van der Waals surface area contributed by atoms with E-state index in [1.165, 1.54) is 18.5 Å². The van der Waals surface area contributed by atoms with Crippen molar-refractivity contribution in [3.05, 3.63) is 82.6 Å². The Bertz CT molecular complexity index is 1270. The molecular weight excluding hydrogens is 437 g/mol. The Kier molecular flexibility index (Phi) is 6.45. The highest BCUT2D eigenvalue weighted by Gasteiger charge is 2.38. The summed E-state index contributed by atoms with van der Waals surface area (Å²) < 4.78 is 20.5. The average Bonchev–Trinajstić information content (AvgIpc) is 3.29. The molecule has 0 saturated heterocycles. The van der Waals surface area contributed by atoms with Gasteiger partial charge in [0.05, 0.1) is 12.2 Å². The molecule has 1 aliphatic rings. The number of esters is 1. The van der Waals surface area contributed by atoms with E-state index < -0.39 is 12.0 Å². The van der Waals surface area contributed by atoms with Gasteiger partial charge in [0.2, 0.25) is 11.9 Å². The lowest BCUT2D eigenvalue weighted by molar-refractivity contribution is -0.139. The highest BCUT2D eigenvalue weighted by molar-refractivity contribution is 5.97. The van der Waals surface area contributed by atoms with Crippen LogP contribution in [0.15, 0.2) is 60.1 Å². The third-order valence-electron chi connectivity index (χ3n) is 5.97. The summed E-state index contributed by atoms with van der Waals surface area (Å²) in [5, 5.41) is 7.27. The number of carbonyl (C=O) groups excluding carboxylic acids is 2. The predicted molar refractivity (Wildman–Crippen MR) is 126 cm³/mol. The molecule has 8 nitrogen and oxygen atoms in total. The molecule has 34 heavy (non-hydrogen) atoms. The van der Waals surface area contributed by atoms with Gasteiger partial charge in [0.15, 0.2) is 0 Å². The smallest absolute Gasteiger partial charge is 0.338 e. The molecule has 0 fully saturated rings. The number of ether oxygens (including phenoxy) is 1. The number of allylic oxidation sites excluding steroid dienone is 1. The van der Waals surface area contributed by atoms with Crippen LogP contribution >= 0.6 is 0 Å². The van der Waals surface area contributed by atoms with Crippen LogP contribution in [-0.4, -0.2) is 39.8 Å². The van der Waals surface area contributed by atoms with Gasteiger partial charge in [-0.05, 0) is 62.6 Å². The molecular formula is C25H26FN5O3. The number of hydrogen-bond donors (Lipinski definition) is 1. The second-order valence-corrected chi connectivity index (χ2v) is 8.06. The van der Waals surface area contributed by atoms with Crippen LogP contribution in [0.2, 0.25) is 0 Å². The number of hydrogen-bond acceptors (Lipinski definition) is 6. The van der Waals surface area contributed by atoms with E-state index in [1.807, 2.05) is 32.0 Å². The lowest BCUT2D eigenvalue weighted by Gasteiger charge is -2.35. The van der Waals surface area contributed by atoms with Gasteiger partial charge < -0.3 is 15.0 Å². The van der Waals surface area contributed by atoms with Gasteiger partial charge >= 0.3 is 5.97 Å². The van der Waals surface area contributed by atoms with Gasteiger partial charge in [0.25, 0.3) is 0 Å². The Balaban J connectivity index is 1.73. The van der Waals surface area contributed by atoms with Crippen molar-refractivity contribution in [2.45, 2.75) is 33.7 Å². The van der Waals surface area contributed by atoms with Crippen molar-refractivity contribution in [1.29, 1.82) is 0 Å². The summed E-state index contributed by atoms with van der Waals surface area (Å²) in [5.41, 5.74) is 4.25. The first kappa shape index (κ1) is 23.2. The van der Waals surface area contributed by atoms with Crippen LogP contribution in [0.5, 0.6) is 0 Å². The van der Waals surface area contributed by atoms with Gasteiger partial charge in [-0.25, -0.2) is 13.9 Å². The summed E-state index contributed by atoms with van der Waals surface area (Å²) in [6.45, 7) is 7.48. The Morgan fingerprint density at radius 3 is 2.56 bits per heavy atom. The zero-order chi connectivity index (χ0) is 24.4. The van der Waals surface area contributed by atoms with Crippen molar-refractivity contribution in [3.8, 4) is 0 Å². The van der Waals surface area contributed by atoms with E-state index in [1.54, 1.807) is 35.6 Å². The SMILES string of the molecule is CCOC(=O)C1=C(C)N(CC(=O)Nc2cccc(C)c2C)c2ncnn2[C@H]1c1ccc(F)cc1. The molecule has 2 aromatic carbocycles. The van der Waals surface area contributed by atoms with Crippen molar-refractivity contribution < 1.29 is 18.7 Å². The molecule has 2 heterocycles. The number of halogens is 1. The molecule has 1 atom stereocenters. The largest absolute Gasteiger partial charge is 0.463 e. The van der Waals surface area contributed by atoms with E-state index in [0.717, 1.165) is 16.8 Å². The van der Waals surface area contributed by atoms with Crippen LogP contribution < -0.4 is 10.2 Å². The molecule has 1 aromatic heterocycles. The van der Waals surface area contributed by atoms with Gasteiger partial charge in [-0.3, -0.25) is 4.79 Å². The Morgan fingerprint density at radius 1 is 1.12 bits per heavy atom. The maximum Gasteiger partial charge on any atom is 0.338 e. The number of amides is 1. The van der Waals surface area contributed by atoms with Crippen molar-refractivity contribution in [2.75, 3.05) is 23.4 Å². The van der Waals surface area contributed by atoms with Gasteiger partial charge in [0.1, 0.15) is 24.7 Å². The van der Waals surface area contributed by atoms with Gasteiger partial charge in [-0.1, -0.05) is 24.3 Å². The number of nitrogens with zero attached hydrogens (tertiary/aromatic N) is 4. The Morgan fingerprint density at radius 2 is 1.85 bits per heavy atom. The van der Waals surface area contributed by atoms with Crippen molar-refractivity contribution in [3.63, 3.8) is 0 Å². The first-order valence-electron chi connectivity index (χ1n) is 11.0. The van der Waals surface area contributed by atoms with Crippen LogP contribution in [0.25, 0.3) is 0 Å². The fourth-order valence-electron chi connectivity index (χ4n) is 4.07. The number of carbonyl (C=O) groups is 2. The monoisotopic (exact) mass is 463 g/mol. The average molecular weight is 464 g/mol. The zero-order valence-electron chi connectivity index (χ0n) is 19.5. The highest BCUT2D eigenvalue weighted by Crippen LogP contribution is 2.38. The molecule has 1 N–H and O–H groups in total. The normalized spacial score (nSPS) is 15.2. The van der Waals surface area contributed by atoms with Crippen LogP contribution in [0.1, 0.15) is 36.6 Å². The standard InChI is InChI=1S/C25H26FN5O3/c1-5-34-24(33)22-17(4)30(13-21(32)29-20-8-6-7-15(2)16(20)3)25-27-14-28-31(25)23(22)18-9-11-19(26)12-10-18/h6-12,14,23H,5,13H2,1-4H3,(H,29,32)/t23-/m0/s1. The summed E-state index contributed by atoms with van der Waals surface area (Å²) in [7, 11) is 0. The fraction of sp³-hybridized carbons (Fsp3) is 0.280. The molecule has 0 unspecified atom stereocenters. The van der Waals surface area contributed by atoms with Gasteiger partial charge in [-0.15, -0.1) is 0 Å². The zero-order valence-corrected chi connectivity index (χ0v) is 19.5. The van der Waals surface area contributed by atoms with E-state index in [9.17, 15) is 14.0 Å². The molecule has 9 heteroatoms. The second-order valence-electron chi connectivity index (χ2n) is 8.06. The Labute approximate surface area is 197 Å². The molecule has 4 rings (SSSR count). The van der Waals surface area contributed by atoms with E-state index in [2.05, 4.69) is 15.4 Å². The molecule has 1 amide bonds. The van der Waals surface area contributed by atoms with E-state index in [-0.39, 0.29) is 24.9 Å². The minimum Gasteiger partial charge on any atom is -0.463 e. The minimum absolute atomic E-state index is 0.0864. The van der Waals surface area contributed by atoms with Crippen LogP contribution in [0.3, 0.4) is 0 Å². The minimum atomic E-state index is -0.671. The predicted octanol–water partition coefficient (Wildman–Crippen LogP) is 3.92. The van der Waals surface area contributed by atoms with Crippen LogP contribution in [-0.2, 0) is 14.3 Å². The maximum atomic E-state index is 13.6. The molecule has 1 aliphatic heterocycles. The molecule has 3 aromatic rings. The molecule has 176 valence electrons. The quantitative estimate of drug-likeness (QED) is 0.558. The number of fused-ring (bicyclic) bond motifs is 1. The lowest BCUT2D eigenvalue weighted by atomic mass is 9.95. The van der Waals surface area contributed by atoms with Crippen molar-refractivity contribution in [1.82, 2.24) is 14.8 Å². The summed E-state index contributed by atoms with van der Waals surface area (Å²) in [5.74, 6) is -0.793. The number of benzene rings is 2. The van der Waals surface area contributed by atoms with E-state index >= 15 is 0 Å². The lowest BCUT2D eigenvalue weighted by Crippen LogP contribution is -2.41. The fourth-order valence-corrected chi connectivity index (χ4v) is 4.07. The number of aryl methyl sites for hydroxylation is 1. The van der Waals surface area contributed by atoms with Crippen molar-refractivity contribution in [2.24, 2.45) is 0 Å². The second kappa shape index (κ2) is 9.46. The van der Waals surface area contributed by atoms with Crippen LogP contribution in [0, 0.1) is 19.7 Å². The number of aromatic nitrogens is 3.